The molecule has 0 bridgehead atoms. The first-order valence-corrected chi connectivity index (χ1v) is 8.02. The Balaban J connectivity index is 2.14. The Labute approximate surface area is 157 Å². The Morgan fingerprint density at radius 1 is 1.07 bits per heavy atom. The van der Waals surface area contributed by atoms with Crippen LogP contribution in [0.2, 0.25) is 0 Å². The van der Waals surface area contributed by atoms with E-state index in [1.807, 2.05) is 0 Å². The number of nitrogens with two attached hydrogens (primary N) is 1. The Morgan fingerprint density at radius 2 is 1.71 bits per heavy atom. The molecule has 2 aromatic rings. The van der Waals surface area contributed by atoms with E-state index in [1.54, 1.807) is 0 Å². The number of ether oxygens (including phenoxy) is 1. The molecule has 0 aliphatic carbocycles. The maximum Gasteiger partial charge on any atom is 0.302 e. The monoisotopic (exact) mass is 396 g/mol. The SMILES string of the molecule is CC(=O)OCCc1cc(F)c(NC(N)=CC(=O)c2ccc(F)cc2F)c(F)c1. The van der Waals surface area contributed by atoms with Gasteiger partial charge in [-0.25, -0.2) is 17.6 Å². The summed E-state index contributed by atoms with van der Waals surface area (Å²) < 4.78 is 59.5. The van der Waals surface area contributed by atoms with Gasteiger partial charge in [0.25, 0.3) is 0 Å². The average Bonchev–Trinajstić information content (AvgIpc) is 2.57. The van der Waals surface area contributed by atoms with Crippen LogP contribution in [0.5, 0.6) is 0 Å². The van der Waals surface area contributed by atoms with Gasteiger partial charge in [0.15, 0.2) is 5.78 Å². The molecule has 3 N–H and O–H groups in total. The number of carbonyl (C=O) groups is 2. The molecule has 0 atom stereocenters. The van der Waals surface area contributed by atoms with Gasteiger partial charge in [0.2, 0.25) is 0 Å². The molecule has 28 heavy (non-hydrogen) atoms. The van der Waals surface area contributed by atoms with Gasteiger partial charge in [-0.1, -0.05) is 0 Å². The third kappa shape index (κ3) is 5.57. The van der Waals surface area contributed by atoms with Crippen molar-refractivity contribution in [1.82, 2.24) is 0 Å². The third-order valence-corrected chi connectivity index (χ3v) is 3.55. The molecule has 2 rings (SSSR count). The third-order valence-electron chi connectivity index (χ3n) is 3.55. The lowest BCUT2D eigenvalue weighted by Gasteiger charge is -2.11. The number of nitrogens with one attached hydrogen (secondary N) is 1. The van der Waals surface area contributed by atoms with Crippen molar-refractivity contribution in [3.63, 3.8) is 0 Å². The first-order chi connectivity index (χ1) is 13.2. The fraction of sp³-hybridized carbons (Fsp3) is 0.158. The molecule has 0 amide bonds. The molecule has 0 saturated heterocycles. The van der Waals surface area contributed by atoms with Gasteiger partial charge in [-0.2, -0.15) is 0 Å². The highest BCUT2D eigenvalue weighted by Crippen LogP contribution is 2.22. The lowest BCUT2D eigenvalue weighted by molar-refractivity contribution is -0.140. The van der Waals surface area contributed by atoms with E-state index in [0.717, 1.165) is 30.3 Å². The normalized spacial score (nSPS) is 11.2. The molecule has 0 spiro atoms. The van der Waals surface area contributed by atoms with E-state index in [4.69, 9.17) is 10.5 Å². The van der Waals surface area contributed by atoms with Crippen molar-refractivity contribution >= 4 is 17.4 Å². The highest BCUT2D eigenvalue weighted by atomic mass is 19.1. The molecule has 0 saturated carbocycles. The number of halogens is 4. The summed E-state index contributed by atoms with van der Waals surface area (Å²) in [5.74, 6) is -5.81. The van der Waals surface area contributed by atoms with Gasteiger partial charge in [-0.05, 0) is 29.8 Å². The lowest BCUT2D eigenvalue weighted by atomic mass is 10.1. The molecule has 0 aliphatic rings. The molecule has 5 nitrogen and oxygen atoms in total. The molecule has 148 valence electrons. The largest absolute Gasteiger partial charge is 0.466 e. The van der Waals surface area contributed by atoms with Gasteiger partial charge in [-0.15, -0.1) is 0 Å². The fourth-order valence-corrected chi connectivity index (χ4v) is 2.29. The van der Waals surface area contributed by atoms with Gasteiger partial charge in [0.1, 0.15) is 34.8 Å². The van der Waals surface area contributed by atoms with Gasteiger partial charge in [0.05, 0.1) is 12.2 Å². The summed E-state index contributed by atoms with van der Waals surface area (Å²) in [6.07, 6.45) is 0.825. The van der Waals surface area contributed by atoms with Crippen molar-refractivity contribution in [2.24, 2.45) is 5.73 Å². The average molecular weight is 396 g/mol. The fourth-order valence-electron chi connectivity index (χ4n) is 2.29. The Hall–Kier alpha value is -3.36. The van der Waals surface area contributed by atoms with Crippen LogP contribution in [0.25, 0.3) is 0 Å². The standard InChI is InChI=1S/C19H16F4N2O3/c1-10(26)28-5-4-11-6-15(22)19(16(23)7-11)25-18(24)9-17(27)13-3-2-12(20)8-14(13)21/h2-3,6-9,25H,4-5,24H2,1H3. The molecule has 0 heterocycles. The summed E-state index contributed by atoms with van der Waals surface area (Å²) >= 11 is 0. The first kappa shape index (κ1) is 20.9. The van der Waals surface area contributed by atoms with E-state index in [1.165, 1.54) is 6.92 Å². The van der Waals surface area contributed by atoms with Crippen LogP contribution in [0.3, 0.4) is 0 Å². The quantitative estimate of drug-likeness (QED) is 0.324. The zero-order chi connectivity index (χ0) is 20.8. The molecule has 0 aliphatic heterocycles. The maximum absolute atomic E-state index is 14.1. The number of esters is 1. The number of anilines is 1. The summed E-state index contributed by atoms with van der Waals surface area (Å²) in [5.41, 5.74) is 4.73. The van der Waals surface area contributed by atoms with Crippen LogP contribution in [0.1, 0.15) is 22.8 Å². The van der Waals surface area contributed by atoms with Gasteiger partial charge < -0.3 is 15.8 Å². The van der Waals surface area contributed by atoms with Crippen LogP contribution in [0.4, 0.5) is 23.2 Å². The summed E-state index contributed by atoms with van der Waals surface area (Å²) in [6.45, 7) is 1.17. The Bertz CT molecular complexity index is 922. The summed E-state index contributed by atoms with van der Waals surface area (Å²) in [7, 11) is 0. The molecule has 2 aromatic carbocycles. The van der Waals surface area contributed by atoms with Crippen molar-refractivity contribution < 1.29 is 31.9 Å². The molecule has 0 fully saturated rings. The van der Waals surface area contributed by atoms with Gasteiger partial charge in [0, 0.05) is 25.5 Å². The predicted octanol–water partition coefficient (Wildman–Crippen LogP) is 3.44. The Morgan fingerprint density at radius 3 is 2.29 bits per heavy atom. The van der Waals surface area contributed by atoms with Crippen LogP contribution in [-0.2, 0) is 16.0 Å². The van der Waals surface area contributed by atoms with E-state index in [9.17, 15) is 27.2 Å². The maximum atomic E-state index is 14.1. The summed E-state index contributed by atoms with van der Waals surface area (Å²) in [6, 6.07) is 4.38. The summed E-state index contributed by atoms with van der Waals surface area (Å²) in [5, 5.41) is 2.20. The number of allylic oxidation sites excluding steroid dienone is 1. The van der Waals surface area contributed by atoms with Crippen molar-refractivity contribution in [3.8, 4) is 0 Å². The zero-order valence-corrected chi connectivity index (χ0v) is 14.7. The smallest absolute Gasteiger partial charge is 0.302 e. The number of hydrogen-bond donors (Lipinski definition) is 2. The van der Waals surface area contributed by atoms with Crippen molar-refractivity contribution in [2.75, 3.05) is 11.9 Å². The van der Waals surface area contributed by atoms with Crippen molar-refractivity contribution in [3.05, 3.63) is 76.6 Å². The number of hydrogen-bond acceptors (Lipinski definition) is 5. The predicted molar refractivity (Wildman–Crippen MR) is 93.3 cm³/mol. The van der Waals surface area contributed by atoms with Crippen molar-refractivity contribution in [1.29, 1.82) is 0 Å². The molecule has 9 heteroatoms. The topological polar surface area (TPSA) is 81.4 Å². The first-order valence-electron chi connectivity index (χ1n) is 8.02. The second-order valence-corrected chi connectivity index (χ2v) is 5.74. The van der Waals surface area contributed by atoms with E-state index in [-0.39, 0.29) is 18.6 Å². The van der Waals surface area contributed by atoms with Crippen LogP contribution in [-0.4, -0.2) is 18.4 Å². The highest BCUT2D eigenvalue weighted by molar-refractivity contribution is 6.05. The number of ketones is 1. The van der Waals surface area contributed by atoms with Gasteiger partial charge in [-0.3, -0.25) is 9.59 Å². The van der Waals surface area contributed by atoms with Crippen LogP contribution < -0.4 is 11.1 Å². The minimum atomic E-state index is -1.09. The highest BCUT2D eigenvalue weighted by Gasteiger charge is 2.14. The number of rotatable bonds is 7. The van der Waals surface area contributed by atoms with Crippen molar-refractivity contribution in [2.45, 2.75) is 13.3 Å². The molecule has 0 aromatic heterocycles. The number of carbonyl (C=O) groups excluding carboxylic acids is 2. The molecular weight excluding hydrogens is 380 g/mol. The van der Waals surface area contributed by atoms with E-state index in [2.05, 4.69) is 5.32 Å². The van der Waals surface area contributed by atoms with E-state index >= 15 is 0 Å². The second-order valence-electron chi connectivity index (χ2n) is 5.74. The molecular formula is C19H16F4N2O3. The zero-order valence-electron chi connectivity index (χ0n) is 14.7. The molecule has 0 unspecified atom stereocenters. The Kier molecular flexibility index (Phi) is 6.75. The lowest BCUT2D eigenvalue weighted by Crippen LogP contribution is -2.15. The minimum Gasteiger partial charge on any atom is -0.466 e. The van der Waals surface area contributed by atoms with E-state index in [0.29, 0.717) is 6.07 Å². The molecule has 0 radical (unpaired) electrons. The summed E-state index contributed by atoms with van der Waals surface area (Å²) in [4.78, 5) is 22.7. The minimum absolute atomic E-state index is 0.0409. The second kappa shape index (κ2) is 9.03. The van der Waals surface area contributed by atoms with E-state index < -0.39 is 52.1 Å². The van der Waals surface area contributed by atoms with Crippen LogP contribution in [0.15, 0.2) is 42.2 Å². The number of benzene rings is 2. The van der Waals surface area contributed by atoms with Crippen LogP contribution in [0, 0.1) is 23.3 Å². The van der Waals surface area contributed by atoms with Crippen LogP contribution >= 0.6 is 0 Å². The van der Waals surface area contributed by atoms with Gasteiger partial charge >= 0.3 is 5.97 Å².